The SMILES string of the molecule is C=C(C)C(=O)OCCSP(=O)(O)O. The average Bonchev–Trinajstić information content (AvgIpc) is 1.95. The van der Waals surface area contributed by atoms with E-state index in [0.717, 1.165) is 0 Å². The van der Waals surface area contributed by atoms with Crippen molar-refractivity contribution >= 4 is 24.1 Å². The first kappa shape index (κ1) is 12.7. The summed E-state index contributed by atoms with van der Waals surface area (Å²) in [4.78, 5) is 27.6. The number of carbonyl (C=O) groups is 1. The number of carbonyl (C=O) groups excluding carboxylic acids is 1. The third-order valence-corrected chi connectivity index (χ3v) is 3.17. The zero-order chi connectivity index (χ0) is 10.5. The summed E-state index contributed by atoms with van der Waals surface area (Å²) in [5, 5.41) is 0. The second kappa shape index (κ2) is 5.44. The molecule has 0 aromatic rings. The normalized spacial score (nSPS) is 11.0. The van der Waals surface area contributed by atoms with E-state index in [1.165, 1.54) is 6.92 Å². The van der Waals surface area contributed by atoms with Gasteiger partial charge in [-0.15, -0.1) is 0 Å². The van der Waals surface area contributed by atoms with Crippen molar-refractivity contribution in [3.05, 3.63) is 12.2 Å². The minimum atomic E-state index is -4.05. The van der Waals surface area contributed by atoms with Gasteiger partial charge in [-0.25, -0.2) is 9.36 Å². The fourth-order valence-electron chi connectivity index (χ4n) is 0.414. The average molecular weight is 226 g/mol. The van der Waals surface area contributed by atoms with E-state index < -0.39 is 12.8 Å². The Labute approximate surface area is 80.1 Å². The molecular formula is C6H11O5PS. The Morgan fingerprint density at radius 1 is 1.62 bits per heavy atom. The Morgan fingerprint density at radius 2 is 2.15 bits per heavy atom. The smallest absolute Gasteiger partial charge is 0.384 e. The highest BCUT2D eigenvalue weighted by Gasteiger charge is 2.13. The van der Waals surface area contributed by atoms with Crippen molar-refractivity contribution in [2.24, 2.45) is 0 Å². The van der Waals surface area contributed by atoms with Gasteiger partial charge in [0.15, 0.2) is 0 Å². The molecule has 0 rings (SSSR count). The molecule has 0 atom stereocenters. The highest BCUT2D eigenvalue weighted by molar-refractivity contribution is 8.54. The fourth-order valence-corrected chi connectivity index (χ4v) is 1.75. The van der Waals surface area contributed by atoms with Gasteiger partial charge in [-0.1, -0.05) is 6.58 Å². The molecule has 0 aliphatic heterocycles. The number of hydrogen-bond acceptors (Lipinski definition) is 4. The first-order chi connectivity index (χ1) is 5.83. The summed E-state index contributed by atoms with van der Waals surface area (Å²) in [6.45, 7) is 0.773. The van der Waals surface area contributed by atoms with Crippen molar-refractivity contribution in [1.29, 1.82) is 0 Å². The standard InChI is InChI=1S/C6H11O5PS/c1-5(2)6(7)11-3-4-13-12(8,9)10/h1,3-4H2,2H3,(H2,8,9,10). The molecule has 7 heteroatoms. The van der Waals surface area contributed by atoms with Gasteiger partial charge in [0.25, 0.3) is 0 Å². The predicted octanol–water partition coefficient (Wildman–Crippen LogP) is 0.932. The summed E-state index contributed by atoms with van der Waals surface area (Å²) in [5.41, 5.74) is 0.265. The van der Waals surface area contributed by atoms with Crippen LogP contribution in [0, 0.1) is 0 Å². The van der Waals surface area contributed by atoms with Gasteiger partial charge in [0.2, 0.25) is 0 Å². The summed E-state index contributed by atoms with van der Waals surface area (Å²) < 4.78 is 14.9. The van der Waals surface area contributed by atoms with Crippen molar-refractivity contribution < 1.29 is 23.9 Å². The van der Waals surface area contributed by atoms with Crippen LogP contribution in [0.15, 0.2) is 12.2 Å². The van der Waals surface area contributed by atoms with Crippen molar-refractivity contribution in [2.45, 2.75) is 6.92 Å². The van der Waals surface area contributed by atoms with Crippen molar-refractivity contribution in [1.82, 2.24) is 0 Å². The predicted molar refractivity (Wildman–Crippen MR) is 50.3 cm³/mol. The summed E-state index contributed by atoms with van der Waals surface area (Å²) in [5.74, 6) is -0.477. The number of rotatable bonds is 5. The molecule has 0 aromatic carbocycles. The summed E-state index contributed by atoms with van der Waals surface area (Å²) in [7, 11) is 0. The third-order valence-electron chi connectivity index (χ3n) is 0.924. The maximum atomic E-state index is 10.7. The quantitative estimate of drug-likeness (QED) is 0.314. The Balaban J connectivity index is 3.53. The topological polar surface area (TPSA) is 83.8 Å². The molecule has 0 spiro atoms. The van der Waals surface area contributed by atoms with Crippen LogP contribution in [-0.2, 0) is 14.1 Å². The van der Waals surface area contributed by atoms with Gasteiger partial charge < -0.3 is 14.5 Å². The van der Waals surface area contributed by atoms with Crippen LogP contribution in [0.2, 0.25) is 0 Å². The van der Waals surface area contributed by atoms with E-state index in [1.807, 2.05) is 0 Å². The Hall–Kier alpha value is -0.290. The molecule has 0 bridgehead atoms. The molecule has 0 aliphatic rings. The largest absolute Gasteiger partial charge is 0.461 e. The third kappa shape index (κ3) is 8.05. The van der Waals surface area contributed by atoms with Gasteiger partial charge in [-0.2, -0.15) is 0 Å². The van der Waals surface area contributed by atoms with E-state index in [1.54, 1.807) is 0 Å². The highest BCUT2D eigenvalue weighted by Crippen LogP contribution is 2.49. The molecule has 76 valence electrons. The van der Waals surface area contributed by atoms with Crippen LogP contribution in [0.5, 0.6) is 0 Å². The maximum Gasteiger partial charge on any atom is 0.384 e. The van der Waals surface area contributed by atoms with Crippen LogP contribution in [0.4, 0.5) is 0 Å². The van der Waals surface area contributed by atoms with E-state index in [2.05, 4.69) is 11.3 Å². The van der Waals surface area contributed by atoms with Crippen LogP contribution in [0.25, 0.3) is 0 Å². The summed E-state index contributed by atoms with van der Waals surface area (Å²) in [6, 6.07) is 0. The molecule has 0 fully saturated rings. The minimum absolute atomic E-state index is 0.0263. The zero-order valence-electron chi connectivity index (χ0n) is 7.10. The summed E-state index contributed by atoms with van der Waals surface area (Å²) in [6.07, 6.45) is 0. The van der Waals surface area contributed by atoms with Crippen molar-refractivity contribution in [2.75, 3.05) is 12.4 Å². The van der Waals surface area contributed by atoms with E-state index >= 15 is 0 Å². The number of ether oxygens (including phenoxy) is 1. The van der Waals surface area contributed by atoms with E-state index in [9.17, 15) is 9.36 Å². The van der Waals surface area contributed by atoms with Crippen LogP contribution in [-0.4, -0.2) is 28.1 Å². The second-order valence-electron chi connectivity index (χ2n) is 2.24. The molecule has 0 unspecified atom stereocenters. The van der Waals surface area contributed by atoms with Gasteiger partial charge >= 0.3 is 12.8 Å². The number of esters is 1. The van der Waals surface area contributed by atoms with E-state index in [4.69, 9.17) is 9.79 Å². The molecule has 13 heavy (non-hydrogen) atoms. The molecule has 0 radical (unpaired) electrons. The van der Waals surface area contributed by atoms with Gasteiger partial charge in [0.1, 0.15) is 6.61 Å². The fraction of sp³-hybridized carbons (Fsp3) is 0.500. The van der Waals surface area contributed by atoms with Crippen molar-refractivity contribution in [3.8, 4) is 0 Å². The molecule has 2 N–H and O–H groups in total. The first-order valence-electron chi connectivity index (χ1n) is 3.35. The lowest BCUT2D eigenvalue weighted by Gasteiger charge is -2.04. The van der Waals surface area contributed by atoms with Gasteiger partial charge in [-0.3, -0.25) is 0 Å². The van der Waals surface area contributed by atoms with Gasteiger partial charge in [0.05, 0.1) is 0 Å². The zero-order valence-corrected chi connectivity index (χ0v) is 8.81. The Bertz CT molecular complexity index is 245. The lowest BCUT2D eigenvalue weighted by Crippen LogP contribution is -2.07. The van der Waals surface area contributed by atoms with Crippen LogP contribution in [0.3, 0.4) is 0 Å². The molecule has 5 nitrogen and oxygen atoms in total. The highest BCUT2D eigenvalue weighted by atomic mass is 32.7. The van der Waals surface area contributed by atoms with Crippen molar-refractivity contribution in [3.63, 3.8) is 0 Å². The molecule has 0 heterocycles. The van der Waals surface area contributed by atoms with Crippen LogP contribution >= 0.6 is 18.2 Å². The molecule has 0 amide bonds. The van der Waals surface area contributed by atoms with E-state index in [-0.39, 0.29) is 17.9 Å². The molecular weight excluding hydrogens is 215 g/mol. The molecule has 0 aliphatic carbocycles. The molecule has 0 saturated carbocycles. The lowest BCUT2D eigenvalue weighted by molar-refractivity contribution is -0.138. The van der Waals surface area contributed by atoms with Gasteiger partial charge in [0, 0.05) is 11.3 Å². The van der Waals surface area contributed by atoms with E-state index in [0.29, 0.717) is 11.4 Å². The van der Waals surface area contributed by atoms with Gasteiger partial charge in [-0.05, 0) is 18.3 Å². The minimum Gasteiger partial charge on any atom is -0.461 e. The number of hydrogen-bond donors (Lipinski definition) is 2. The Morgan fingerprint density at radius 3 is 2.54 bits per heavy atom. The summed E-state index contributed by atoms with van der Waals surface area (Å²) >= 11 is 0.447. The Kier molecular flexibility index (Phi) is 5.32. The van der Waals surface area contributed by atoms with Crippen LogP contribution in [0.1, 0.15) is 6.92 Å². The monoisotopic (exact) mass is 226 g/mol. The molecule has 0 saturated heterocycles. The van der Waals surface area contributed by atoms with Crippen LogP contribution < -0.4 is 0 Å². The second-order valence-corrected chi connectivity index (χ2v) is 6.09. The first-order valence-corrected chi connectivity index (χ1v) is 6.56. The molecule has 0 aromatic heterocycles. The lowest BCUT2D eigenvalue weighted by atomic mass is 10.4. The maximum absolute atomic E-state index is 10.7.